The first-order valence-electron chi connectivity index (χ1n) is 33.5. The minimum Gasteiger partial charge on any atom is -0.505 e. The maximum Gasteiger partial charge on any atom is 0.312 e. The van der Waals surface area contributed by atoms with Gasteiger partial charge in [-0.25, -0.2) is 4.98 Å². The van der Waals surface area contributed by atoms with Crippen LogP contribution in [0.5, 0.6) is 17.2 Å². The zero-order valence-electron chi connectivity index (χ0n) is 56.2. The summed E-state index contributed by atoms with van der Waals surface area (Å²) >= 11 is 0. The molecule has 5 aliphatic rings. The number of imide groups is 1. The number of aromatic hydroxyl groups is 1. The number of aromatic nitrogens is 1. The molecule has 4 bridgehead atoms. The molecule has 23 heteroatoms. The van der Waals surface area contributed by atoms with E-state index in [2.05, 4.69) is 52.0 Å². The van der Waals surface area contributed by atoms with Crippen molar-refractivity contribution in [2.24, 2.45) is 17.8 Å². The maximum atomic E-state index is 15.1. The molecule has 6 amide bonds. The molecule has 4 aliphatic heterocycles. The number of rotatable bonds is 19. The lowest BCUT2D eigenvalue weighted by molar-refractivity contribution is -0.149. The number of ketones is 1. The molecule has 1 aliphatic carbocycles. The van der Waals surface area contributed by atoms with Crippen LogP contribution < -0.4 is 41.1 Å². The van der Waals surface area contributed by atoms with E-state index >= 15 is 4.79 Å². The van der Waals surface area contributed by atoms with Gasteiger partial charge in [0, 0.05) is 104 Å². The number of fused-ring (bicyclic) bond motifs is 2. The predicted octanol–water partition coefficient (Wildman–Crippen LogP) is 10.3. The van der Waals surface area contributed by atoms with Gasteiger partial charge in [-0.05, 0) is 127 Å². The van der Waals surface area contributed by atoms with E-state index in [4.69, 9.17) is 28.3 Å². The third-order valence-electron chi connectivity index (χ3n) is 18.9. The highest BCUT2D eigenvalue weighted by molar-refractivity contribution is 6.26. The number of hydrogen-bond acceptors (Lipinski definition) is 18. The number of hydrogen-bond donors (Lipinski definition) is 5. The van der Waals surface area contributed by atoms with Crippen molar-refractivity contribution in [3.8, 4) is 17.2 Å². The molecule has 5 unspecified atom stereocenters. The van der Waals surface area contributed by atoms with Gasteiger partial charge in [0.15, 0.2) is 28.1 Å². The molecule has 2 fully saturated rings. The maximum absolute atomic E-state index is 15.1. The Labute approximate surface area is 558 Å². The number of ether oxygens (including phenoxy) is 4. The van der Waals surface area contributed by atoms with E-state index in [-0.39, 0.29) is 141 Å². The number of phenolic OH excluding ortho intramolecular Hbond substituents is 1. The number of nitrogens with one attached hydrogen (secondary N) is 4. The van der Waals surface area contributed by atoms with E-state index in [1.165, 1.54) is 52.0 Å². The summed E-state index contributed by atoms with van der Waals surface area (Å²) < 4.78 is 31.9. The molecule has 10 rings (SSSR count). The van der Waals surface area contributed by atoms with Gasteiger partial charge in [0.25, 0.3) is 23.5 Å². The van der Waals surface area contributed by atoms with Crippen molar-refractivity contribution in [3.63, 3.8) is 0 Å². The van der Waals surface area contributed by atoms with Crippen molar-refractivity contribution in [3.05, 3.63) is 112 Å². The molecule has 5 atom stereocenters. The molecule has 1 saturated heterocycles. The van der Waals surface area contributed by atoms with Crippen LogP contribution in [0, 0.1) is 24.7 Å². The van der Waals surface area contributed by atoms with E-state index in [1.54, 1.807) is 57.2 Å². The van der Waals surface area contributed by atoms with Gasteiger partial charge in [0.1, 0.15) is 41.2 Å². The predicted molar refractivity (Wildman–Crippen MR) is 363 cm³/mol. The van der Waals surface area contributed by atoms with E-state index in [0.717, 1.165) is 42.7 Å². The zero-order chi connectivity index (χ0) is 68.7. The molecular formula is C73H88N8O15. The van der Waals surface area contributed by atoms with Crippen LogP contribution in [0.3, 0.4) is 0 Å². The fourth-order valence-electron chi connectivity index (χ4n) is 12.9. The second kappa shape index (κ2) is 30.1. The first kappa shape index (κ1) is 69.4. The van der Waals surface area contributed by atoms with Gasteiger partial charge in [-0.2, -0.15) is 0 Å². The molecule has 5 N–H and O–H groups in total. The Morgan fingerprint density at radius 2 is 1.60 bits per heavy atom. The summed E-state index contributed by atoms with van der Waals surface area (Å²) in [5.41, 5.74) is 1.25. The number of amides is 6. The summed E-state index contributed by atoms with van der Waals surface area (Å²) in [5, 5.41) is 23.2. The SMILES string of the molecule is CC(=O)OC1CCC=COC2(C)Oc3c(C)c(=O)c4c(O)c(c5oc6cc(N7CCC(N(C)C8CC8)CC7)cc(OCc7ccc(NC(=O)CNC(=O)C(NC(=O)CCCCCN8C(=O)C=CC8=O)C(C)C)cc7)c6nc5c4c3C2=O)NC(=O)C(C)=CC=CC(C)CCCC1C. The van der Waals surface area contributed by atoms with Crippen molar-refractivity contribution < 1.29 is 66.8 Å². The molecule has 0 spiro atoms. The van der Waals surface area contributed by atoms with Crippen LogP contribution in [0.15, 0.2) is 93.9 Å². The Hall–Kier alpha value is -9.38. The molecule has 1 aromatic heterocycles. The van der Waals surface area contributed by atoms with Gasteiger partial charge in [-0.3, -0.25) is 48.1 Å². The first-order chi connectivity index (χ1) is 45.9. The average Bonchev–Trinajstić information content (AvgIpc) is 1.32. The average molecular weight is 1320 g/mol. The summed E-state index contributed by atoms with van der Waals surface area (Å²) in [6, 6.07) is 10.7. The smallest absolute Gasteiger partial charge is 0.312 e. The summed E-state index contributed by atoms with van der Waals surface area (Å²) in [5.74, 6) is -6.34. The number of carbonyl (C=O) groups excluding carboxylic acids is 8. The molecule has 0 radical (unpaired) electrons. The van der Waals surface area contributed by atoms with E-state index in [1.807, 2.05) is 24.3 Å². The van der Waals surface area contributed by atoms with E-state index < -0.39 is 46.5 Å². The minimum absolute atomic E-state index is 0.00413. The summed E-state index contributed by atoms with van der Waals surface area (Å²) in [6.07, 6.45) is 20.0. The Bertz CT molecular complexity index is 4030. The highest BCUT2D eigenvalue weighted by atomic mass is 16.7. The first-order valence-corrected chi connectivity index (χ1v) is 33.5. The lowest BCUT2D eigenvalue weighted by Gasteiger charge is -2.38. The number of piperidine rings is 1. The molecular weight excluding hydrogens is 1230 g/mol. The Kier molecular flexibility index (Phi) is 21.8. The largest absolute Gasteiger partial charge is 0.505 e. The monoisotopic (exact) mass is 1320 g/mol. The van der Waals surface area contributed by atoms with Gasteiger partial charge in [-0.15, -0.1) is 0 Å². The molecule has 510 valence electrons. The summed E-state index contributed by atoms with van der Waals surface area (Å²) in [7, 11) is 2.19. The lowest BCUT2D eigenvalue weighted by atomic mass is 9.92. The summed E-state index contributed by atoms with van der Waals surface area (Å²) in [6.45, 7) is 14.9. The third kappa shape index (κ3) is 15.9. The van der Waals surface area contributed by atoms with Crippen LogP contribution in [0.2, 0.25) is 0 Å². The van der Waals surface area contributed by atoms with Crippen LogP contribution >= 0.6 is 0 Å². The van der Waals surface area contributed by atoms with Crippen LogP contribution in [0.4, 0.5) is 17.1 Å². The highest BCUT2D eigenvalue weighted by Crippen LogP contribution is 2.49. The van der Waals surface area contributed by atoms with Crippen molar-refractivity contribution in [2.75, 3.05) is 48.8 Å². The molecule has 96 heavy (non-hydrogen) atoms. The molecule has 1 saturated carbocycles. The Morgan fingerprint density at radius 3 is 2.30 bits per heavy atom. The van der Waals surface area contributed by atoms with Gasteiger partial charge in [0.05, 0.1) is 23.8 Å². The Balaban J connectivity index is 0.941. The number of allylic oxidation sites excluding steroid dienone is 4. The second-order valence-corrected chi connectivity index (χ2v) is 26.6. The van der Waals surface area contributed by atoms with E-state index in [0.29, 0.717) is 68.5 Å². The number of anilines is 3. The minimum atomic E-state index is -2.00. The third-order valence-corrected chi connectivity index (χ3v) is 18.9. The fourth-order valence-corrected chi connectivity index (χ4v) is 12.9. The zero-order valence-corrected chi connectivity index (χ0v) is 56.2. The van der Waals surface area contributed by atoms with Gasteiger partial charge >= 0.3 is 11.8 Å². The number of unbranched alkanes of at least 4 members (excludes halogenated alkanes) is 2. The quantitative estimate of drug-likeness (QED) is 0.0128. The topological polar surface area (TPSA) is 295 Å². The number of phenols is 1. The number of nitrogens with zero attached hydrogens (tertiary/aromatic N) is 4. The number of carbonyl (C=O) groups is 8. The standard InChI is InChI=1S/C73H88N8O15/c1-41(2)62(76-55(83)22-11-10-13-33-81-57(85)29-30-58(81)86)72(91)74-39-56(84)75-48-25-23-47(24-26-48)40-92-53-37-51(80-34-31-50(32-35-80)79(9)49-27-28-49)38-54-63(53)77-64-59-60-66(87)45(6)68-61(59)70(89)73(8,96-68)93-36-14-12-21-52(94-46(7)82)43(4)19-15-17-42(3)18-16-20-44(5)71(90)78-65(67(60)88)69(64)95-54/h14,16,18,20,23-26,29-30,36-38,41-43,49-50,52,62,88H,10-13,15,17,19,21-22,27-28,31-35,39-40H2,1-9H3,(H,74,91)(H,75,84)(H,76,83)(H,78,90). The number of benzene rings is 4. The molecule has 5 aromatic rings. The Morgan fingerprint density at radius 1 is 0.885 bits per heavy atom. The van der Waals surface area contributed by atoms with Gasteiger partial charge < -0.3 is 59.5 Å². The van der Waals surface area contributed by atoms with Crippen molar-refractivity contribution in [2.45, 2.75) is 175 Å². The van der Waals surface area contributed by atoms with Crippen LogP contribution in [0.25, 0.3) is 33.0 Å². The van der Waals surface area contributed by atoms with Crippen molar-refractivity contribution in [1.29, 1.82) is 0 Å². The number of Topliss-reactive ketones (excluding diaryl/α,β-unsaturated/α-hetero) is 1. The van der Waals surface area contributed by atoms with Crippen molar-refractivity contribution >= 4 is 97.2 Å². The van der Waals surface area contributed by atoms with E-state index in [9.17, 15) is 43.5 Å². The van der Waals surface area contributed by atoms with Crippen LogP contribution in [0.1, 0.15) is 153 Å². The lowest BCUT2D eigenvalue weighted by Crippen LogP contribution is -2.51. The fraction of sp³-hybridized carbons (Fsp3) is 0.479. The van der Waals surface area contributed by atoms with Crippen molar-refractivity contribution in [1.82, 2.24) is 25.4 Å². The molecule has 23 nitrogen and oxygen atoms in total. The highest BCUT2D eigenvalue weighted by Gasteiger charge is 2.49. The van der Waals surface area contributed by atoms with Gasteiger partial charge in [-0.1, -0.05) is 70.9 Å². The van der Waals surface area contributed by atoms with Crippen LogP contribution in [-0.4, -0.2) is 130 Å². The normalized spacial score (nSPS) is 20.9. The van der Waals surface area contributed by atoms with Crippen LogP contribution in [-0.2, 0) is 49.6 Å². The van der Waals surface area contributed by atoms with Gasteiger partial charge in [0.2, 0.25) is 17.7 Å². The molecule has 4 aromatic carbocycles. The second-order valence-electron chi connectivity index (χ2n) is 26.6. The number of esters is 1. The summed E-state index contributed by atoms with van der Waals surface area (Å²) in [4.78, 5) is 131. The molecule has 5 heterocycles.